The summed E-state index contributed by atoms with van der Waals surface area (Å²) in [7, 11) is 0. The van der Waals surface area contributed by atoms with Crippen molar-refractivity contribution in [2.45, 2.75) is 52.4 Å². The van der Waals surface area contributed by atoms with Gasteiger partial charge in [-0.25, -0.2) is 4.68 Å². The summed E-state index contributed by atoms with van der Waals surface area (Å²) in [6, 6.07) is 10.1. The Labute approximate surface area is 186 Å². The molecule has 1 amide bonds. The fourth-order valence-electron chi connectivity index (χ4n) is 4.96. The minimum Gasteiger partial charge on any atom is -0.309 e. The smallest absolute Gasteiger partial charge is 0.239 e. The molecule has 1 aromatic carbocycles. The van der Waals surface area contributed by atoms with Crippen LogP contribution in [0.5, 0.6) is 0 Å². The molecule has 2 heterocycles. The zero-order chi connectivity index (χ0) is 21.6. The van der Waals surface area contributed by atoms with E-state index in [0.29, 0.717) is 6.54 Å². The van der Waals surface area contributed by atoms with Crippen LogP contribution in [0.1, 0.15) is 49.8 Å². The van der Waals surface area contributed by atoms with Crippen LogP contribution in [0.4, 0.5) is 5.82 Å². The van der Waals surface area contributed by atoms with Crippen molar-refractivity contribution < 1.29 is 4.79 Å². The van der Waals surface area contributed by atoms with E-state index in [-0.39, 0.29) is 5.91 Å². The third-order valence-corrected chi connectivity index (χ3v) is 6.67. The second-order valence-corrected chi connectivity index (χ2v) is 9.40. The Balaban J connectivity index is 1.30. The Morgan fingerprint density at radius 3 is 2.45 bits per heavy atom. The largest absolute Gasteiger partial charge is 0.309 e. The molecule has 6 heteroatoms. The zero-order valence-electron chi connectivity index (χ0n) is 19.1. The number of hydrogen-bond acceptors (Lipinski definition) is 4. The number of nitrogens with zero attached hydrogens (tertiary/aromatic N) is 4. The van der Waals surface area contributed by atoms with E-state index in [4.69, 9.17) is 0 Å². The summed E-state index contributed by atoms with van der Waals surface area (Å²) in [5.41, 5.74) is 3.06. The molecule has 0 spiro atoms. The molecule has 0 unspecified atom stereocenters. The highest BCUT2D eigenvalue weighted by atomic mass is 16.2. The molecule has 1 saturated carbocycles. The second-order valence-electron chi connectivity index (χ2n) is 9.40. The molecule has 1 aliphatic heterocycles. The SMILES string of the molecule is Cc1ccc(-n2nc(C)cc2NC(=O)CN2CCCN(CC3CCCCC3)CC2)cc1. The predicted octanol–water partition coefficient (Wildman–Crippen LogP) is 4.02. The lowest BCUT2D eigenvalue weighted by atomic mass is 9.89. The van der Waals surface area contributed by atoms with Crippen molar-refractivity contribution in [3.8, 4) is 5.69 Å². The van der Waals surface area contributed by atoms with E-state index >= 15 is 0 Å². The van der Waals surface area contributed by atoms with Crippen LogP contribution in [-0.2, 0) is 4.79 Å². The molecule has 1 aliphatic carbocycles. The number of aryl methyl sites for hydroxylation is 2. The maximum atomic E-state index is 12.8. The molecule has 31 heavy (non-hydrogen) atoms. The predicted molar refractivity (Wildman–Crippen MR) is 126 cm³/mol. The van der Waals surface area contributed by atoms with Gasteiger partial charge in [-0.15, -0.1) is 0 Å². The van der Waals surface area contributed by atoms with Crippen LogP contribution in [0.25, 0.3) is 5.69 Å². The first kappa shape index (κ1) is 22.0. The van der Waals surface area contributed by atoms with Crippen molar-refractivity contribution in [1.82, 2.24) is 19.6 Å². The number of anilines is 1. The van der Waals surface area contributed by atoms with Gasteiger partial charge in [0.1, 0.15) is 5.82 Å². The van der Waals surface area contributed by atoms with E-state index in [9.17, 15) is 4.79 Å². The highest BCUT2D eigenvalue weighted by Gasteiger charge is 2.21. The average molecular weight is 424 g/mol. The van der Waals surface area contributed by atoms with Gasteiger partial charge in [-0.1, -0.05) is 37.0 Å². The minimum atomic E-state index is 0.0361. The number of nitrogens with one attached hydrogen (secondary N) is 1. The number of rotatable bonds is 6. The summed E-state index contributed by atoms with van der Waals surface area (Å²) in [5.74, 6) is 1.66. The average Bonchev–Trinajstić information content (AvgIpc) is 2.98. The van der Waals surface area contributed by atoms with E-state index < -0.39 is 0 Å². The third kappa shape index (κ3) is 6.17. The first-order chi connectivity index (χ1) is 15.1. The van der Waals surface area contributed by atoms with Crippen molar-refractivity contribution in [2.24, 2.45) is 5.92 Å². The summed E-state index contributed by atoms with van der Waals surface area (Å²) in [5, 5.41) is 7.67. The van der Waals surface area contributed by atoms with Crippen LogP contribution in [0, 0.1) is 19.8 Å². The fraction of sp³-hybridized carbons (Fsp3) is 0.600. The Morgan fingerprint density at radius 2 is 1.68 bits per heavy atom. The van der Waals surface area contributed by atoms with Crippen LogP contribution >= 0.6 is 0 Å². The van der Waals surface area contributed by atoms with Gasteiger partial charge in [0, 0.05) is 25.7 Å². The molecule has 2 fully saturated rings. The van der Waals surface area contributed by atoms with Crippen LogP contribution in [0.2, 0.25) is 0 Å². The van der Waals surface area contributed by atoms with Crippen molar-refractivity contribution in [2.75, 3.05) is 44.6 Å². The Morgan fingerprint density at radius 1 is 0.968 bits per heavy atom. The van der Waals surface area contributed by atoms with Crippen LogP contribution in [0.3, 0.4) is 0 Å². The molecule has 2 aromatic rings. The van der Waals surface area contributed by atoms with Gasteiger partial charge in [-0.05, 0) is 64.3 Å². The quantitative estimate of drug-likeness (QED) is 0.763. The molecule has 0 atom stereocenters. The Bertz CT molecular complexity index is 853. The number of amides is 1. The number of benzene rings is 1. The standard InChI is InChI=1S/C25H37N5O/c1-20-9-11-23(12-10-20)30-24(17-21(2)27-30)26-25(31)19-29-14-6-13-28(15-16-29)18-22-7-4-3-5-8-22/h9-12,17,22H,3-8,13-16,18-19H2,1-2H3,(H,26,31). The minimum absolute atomic E-state index is 0.0361. The number of carbonyl (C=O) groups is 1. The first-order valence-corrected chi connectivity index (χ1v) is 11.9. The summed E-state index contributed by atoms with van der Waals surface area (Å²) < 4.78 is 1.82. The van der Waals surface area contributed by atoms with Gasteiger partial charge in [0.05, 0.1) is 17.9 Å². The maximum Gasteiger partial charge on any atom is 0.239 e. The van der Waals surface area contributed by atoms with Crippen molar-refractivity contribution in [3.63, 3.8) is 0 Å². The van der Waals surface area contributed by atoms with Gasteiger partial charge in [0.15, 0.2) is 0 Å². The summed E-state index contributed by atoms with van der Waals surface area (Å²) in [6.45, 7) is 9.90. The van der Waals surface area contributed by atoms with E-state index in [1.54, 1.807) is 0 Å². The molecule has 0 radical (unpaired) electrons. The fourth-order valence-corrected chi connectivity index (χ4v) is 4.96. The van der Waals surface area contributed by atoms with E-state index in [1.807, 2.05) is 29.8 Å². The lowest BCUT2D eigenvalue weighted by Gasteiger charge is -2.28. The lowest BCUT2D eigenvalue weighted by molar-refractivity contribution is -0.117. The highest BCUT2D eigenvalue weighted by molar-refractivity contribution is 5.91. The molecule has 1 N–H and O–H groups in total. The topological polar surface area (TPSA) is 53.4 Å². The zero-order valence-corrected chi connectivity index (χ0v) is 19.1. The molecule has 6 nitrogen and oxygen atoms in total. The summed E-state index contributed by atoms with van der Waals surface area (Å²) in [4.78, 5) is 17.8. The first-order valence-electron chi connectivity index (χ1n) is 11.9. The number of aromatic nitrogens is 2. The third-order valence-electron chi connectivity index (χ3n) is 6.67. The number of hydrogen-bond donors (Lipinski definition) is 1. The van der Waals surface area contributed by atoms with Gasteiger partial charge >= 0.3 is 0 Å². The lowest BCUT2D eigenvalue weighted by Crippen LogP contribution is -2.37. The molecule has 0 bridgehead atoms. The maximum absolute atomic E-state index is 12.8. The van der Waals surface area contributed by atoms with E-state index in [2.05, 4.69) is 39.3 Å². The monoisotopic (exact) mass is 423 g/mol. The van der Waals surface area contributed by atoms with Crippen LogP contribution in [-0.4, -0.2) is 64.8 Å². The van der Waals surface area contributed by atoms with Crippen molar-refractivity contribution >= 4 is 11.7 Å². The van der Waals surface area contributed by atoms with Gasteiger partial charge in [0.2, 0.25) is 5.91 Å². The Kier molecular flexibility index (Phi) is 7.41. The normalized spacial score (nSPS) is 19.3. The van der Waals surface area contributed by atoms with Crippen molar-refractivity contribution in [3.05, 3.63) is 41.6 Å². The van der Waals surface area contributed by atoms with Gasteiger partial charge < -0.3 is 10.2 Å². The van der Waals surface area contributed by atoms with E-state index in [0.717, 1.165) is 55.7 Å². The molecule has 168 valence electrons. The van der Waals surface area contributed by atoms with Crippen molar-refractivity contribution in [1.29, 1.82) is 0 Å². The van der Waals surface area contributed by atoms with E-state index in [1.165, 1.54) is 44.2 Å². The molecule has 1 saturated heterocycles. The van der Waals surface area contributed by atoms with Crippen LogP contribution in [0.15, 0.2) is 30.3 Å². The second kappa shape index (κ2) is 10.4. The molecular weight excluding hydrogens is 386 g/mol. The van der Waals surface area contributed by atoms with Gasteiger partial charge in [-0.3, -0.25) is 9.69 Å². The molecule has 4 rings (SSSR count). The van der Waals surface area contributed by atoms with Gasteiger partial charge in [-0.2, -0.15) is 5.10 Å². The molecule has 1 aromatic heterocycles. The number of carbonyl (C=O) groups excluding carboxylic acids is 1. The molecular formula is C25H37N5O. The summed E-state index contributed by atoms with van der Waals surface area (Å²) in [6.07, 6.45) is 8.17. The summed E-state index contributed by atoms with van der Waals surface area (Å²) >= 11 is 0. The van der Waals surface area contributed by atoms with Gasteiger partial charge in [0.25, 0.3) is 0 Å². The van der Waals surface area contributed by atoms with Crippen LogP contribution < -0.4 is 5.32 Å². The molecule has 2 aliphatic rings. The Hall–Kier alpha value is -2.18. The highest BCUT2D eigenvalue weighted by Crippen LogP contribution is 2.25.